The molecule has 0 fully saturated rings. The largest absolute Gasteiger partial charge is 0.480 e. The Morgan fingerprint density at radius 2 is 2.47 bits per heavy atom. The lowest BCUT2D eigenvalue weighted by atomic mass is 10.4. The molecule has 2 rings (SSSR count). The summed E-state index contributed by atoms with van der Waals surface area (Å²) >= 11 is 1.29. The van der Waals surface area contributed by atoms with Gasteiger partial charge in [-0.1, -0.05) is 16.9 Å². The maximum absolute atomic E-state index is 10.5. The molecule has 2 heterocycles. The van der Waals surface area contributed by atoms with Crippen LogP contribution in [0.25, 0.3) is 0 Å². The summed E-state index contributed by atoms with van der Waals surface area (Å²) in [5.74, 6) is 0.202. The maximum atomic E-state index is 10.5. The highest BCUT2D eigenvalue weighted by molar-refractivity contribution is 7.98. The molecular weight excluding hydrogens is 246 g/mol. The van der Waals surface area contributed by atoms with E-state index >= 15 is 0 Å². The number of carboxylic acid groups (broad SMARTS) is 1. The number of tetrazole rings is 1. The van der Waals surface area contributed by atoms with Crippen LogP contribution in [0.1, 0.15) is 11.5 Å². The normalized spacial score (nSPS) is 10.6. The summed E-state index contributed by atoms with van der Waals surface area (Å²) in [7, 11) is 0. The maximum Gasteiger partial charge on any atom is 0.325 e. The van der Waals surface area contributed by atoms with Gasteiger partial charge in [-0.3, -0.25) is 4.79 Å². The van der Waals surface area contributed by atoms with Crippen molar-refractivity contribution in [3.63, 3.8) is 0 Å². The van der Waals surface area contributed by atoms with E-state index in [0.717, 1.165) is 5.69 Å². The molecule has 90 valence electrons. The zero-order valence-electron chi connectivity index (χ0n) is 8.90. The van der Waals surface area contributed by atoms with Gasteiger partial charge in [-0.05, 0) is 17.4 Å². The molecule has 0 atom stereocenters. The number of aliphatic carboxylic acids is 1. The van der Waals surface area contributed by atoms with E-state index in [1.165, 1.54) is 16.4 Å². The van der Waals surface area contributed by atoms with Crippen molar-refractivity contribution in [2.24, 2.45) is 0 Å². The van der Waals surface area contributed by atoms with Gasteiger partial charge in [-0.25, -0.2) is 4.68 Å². The Labute approximate surface area is 100.0 Å². The van der Waals surface area contributed by atoms with Crippen molar-refractivity contribution < 1.29 is 14.4 Å². The number of aromatic nitrogens is 5. The first-order valence-corrected chi connectivity index (χ1v) is 5.66. The lowest BCUT2D eigenvalue weighted by Gasteiger charge is -1.98. The molecule has 9 heteroatoms. The van der Waals surface area contributed by atoms with E-state index in [1.807, 2.05) is 6.92 Å². The first-order valence-electron chi connectivity index (χ1n) is 4.68. The number of nitrogens with zero attached hydrogens (tertiary/aromatic N) is 5. The molecule has 2 aromatic rings. The SMILES string of the molecule is Cc1cc(CSc2nnnn2CC(=O)O)on1. The molecule has 8 nitrogen and oxygen atoms in total. The Morgan fingerprint density at radius 3 is 3.12 bits per heavy atom. The van der Waals surface area contributed by atoms with Crippen molar-refractivity contribution in [1.29, 1.82) is 0 Å². The van der Waals surface area contributed by atoms with Gasteiger partial charge in [0.1, 0.15) is 12.3 Å². The quantitative estimate of drug-likeness (QED) is 0.762. The van der Waals surface area contributed by atoms with E-state index in [1.54, 1.807) is 6.07 Å². The van der Waals surface area contributed by atoms with E-state index in [-0.39, 0.29) is 6.54 Å². The summed E-state index contributed by atoms with van der Waals surface area (Å²) in [6.07, 6.45) is 0. The summed E-state index contributed by atoms with van der Waals surface area (Å²) in [4.78, 5) is 10.5. The lowest BCUT2D eigenvalue weighted by Crippen LogP contribution is -2.11. The molecule has 0 aliphatic heterocycles. The third-order valence-electron chi connectivity index (χ3n) is 1.80. The molecular formula is C8H9N5O3S. The Morgan fingerprint density at radius 1 is 1.65 bits per heavy atom. The second kappa shape index (κ2) is 4.95. The highest BCUT2D eigenvalue weighted by Crippen LogP contribution is 2.20. The third kappa shape index (κ3) is 3.03. The number of rotatable bonds is 5. The zero-order valence-corrected chi connectivity index (χ0v) is 9.72. The second-order valence-electron chi connectivity index (χ2n) is 3.24. The van der Waals surface area contributed by atoms with E-state index in [2.05, 4.69) is 20.7 Å². The highest BCUT2D eigenvalue weighted by atomic mass is 32.2. The number of hydrogen-bond acceptors (Lipinski definition) is 7. The molecule has 0 aliphatic rings. The van der Waals surface area contributed by atoms with E-state index in [4.69, 9.17) is 9.63 Å². The molecule has 0 saturated carbocycles. The van der Waals surface area contributed by atoms with Gasteiger partial charge >= 0.3 is 5.97 Å². The number of aryl methyl sites for hydroxylation is 1. The second-order valence-corrected chi connectivity index (χ2v) is 4.18. The van der Waals surface area contributed by atoms with Crippen LogP contribution in [0.5, 0.6) is 0 Å². The molecule has 2 aromatic heterocycles. The van der Waals surface area contributed by atoms with E-state index in [9.17, 15) is 4.79 Å². The van der Waals surface area contributed by atoms with Crippen LogP contribution in [0.2, 0.25) is 0 Å². The molecule has 0 bridgehead atoms. The van der Waals surface area contributed by atoms with Gasteiger partial charge < -0.3 is 9.63 Å². The van der Waals surface area contributed by atoms with Gasteiger partial charge in [0.25, 0.3) is 0 Å². The molecule has 0 amide bonds. The predicted molar refractivity (Wildman–Crippen MR) is 56.3 cm³/mol. The van der Waals surface area contributed by atoms with Crippen LogP contribution in [0, 0.1) is 6.92 Å². The Balaban J connectivity index is 1.99. The highest BCUT2D eigenvalue weighted by Gasteiger charge is 2.11. The van der Waals surface area contributed by atoms with Gasteiger partial charge in [-0.2, -0.15) is 0 Å². The zero-order chi connectivity index (χ0) is 12.3. The average molecular weight is 255 g/mol. The van der Waals surface area contributed by atoms with Crippen molar-refractivity contribution in [2.75, 3.05) is 0 Å². The fourth-order valence-corrected chi connectivity index (χ4v) is 1.90. The average Bonchev–Trinajstić information content (AvgIpc) is 2.84. The Bertz CT molecular complexity index is 523. The van der Waals surface area contributed by atoms with Crippen LogP contribution in [-0.2, 0) is 17.1 Å². The van der Waals surface area contributed by atoms with Crippen LogP contribution < -0.4 is 0 Å². The fraction of sp³-hybridized carbons (Fsp3) is 0.375. The minimum absolute atomic E-state index is 0.259. The van der Waals surface area contributed by atoms with Crippen molar-refractivity contribution in [2.45, 2.75) is 24.4 Å². The van der Waals surface area contributed by atoms with Crippen LogP contribution >= 0.6 is 11.8 Å². The summed E-state index contributed by atoms with van der Waals surface area (Å²) in [5.41, 5.74) is 0.797. The van der Waals surface area contributed by atoms with Crippen LogP contribution in [0.15, 0.2) is 15.7 Å². The van der Waals surface area contributed by atoms with Gasteiger partial charge in [-0.15, -0.1) is 5.10 Å². The summed E-state index contributed by atoms with van der Waals surface area (Å²) in [6.45, 7) is 1.57. The Kier molecular flexibility index (Phi) is 3.38. The standard InChI is InChI=1S/C8H9N5O3S/c1-5-2-6(16-10-5)4-17-8-9-11-12-13(8)3-7(14)15/h2H,3-4H2,1H3,(H,14,15). The minimum atomic E-state index is -0.991. The number of carboxylic acids is 1. The van der Waals surface area contributed by atoms with Crippen LogP contribution in [0.4, 0.5) is 0 Å². The molecule has 0 saturated heterocycles. The van der Waals surface area contributed by atoms with Crippen molar-refractivity contribution >= 4 is 17.7 Å². The number of carbonyl (C=O) groups is 1. The summed E-state index contributed by atoms with van der Waals surface area (Å²) in [6, 6.07) is 1.80. The van der Waals surface area contributed by atoms with Crippen molar-refractivity contribution in [3.8, 4) is 0 Å². The van der Waals surface area contributed by atoms with E-state index < -0.39 is 5.97 Å². The van der Waals surface area contributed by atoms with Crippen LogP contribution in [-0.4, -0.2) is 36.4 Å². The van der Waals surface area contributed by atoms with Gasteiger partial charge in [0, 0.05) is 6.07 Å². The predicted octanol–water partition coefficient (Wildman–Crippen LogP) is 0.346. The smallest absolute Gasteiger partial charge is 0.325 e. The van der Waals surface area contributed by atoms with Gasteiger partial charge in [0.15, 0.2) is 0 Å². The van der Waals surface area contributed by atoms with E-state index in [0.29, 0.717) is 16.7 Å². The topological polar surface area (TPSA) is 107 Å². The van der Waals surface area contributed by atoms with Crippen molar-refractivity contribution in [3.05, 3.63) is 17.5 Å². The molecule has 0 aromatic carbocycles. The molecule has 0 spiro atoms. The molecule has 17 heavy (non-hydrogen) atoms. The monoisotopic (exact) mass is 255 g/mol. The fourth-order valence-electron chi connectivity index (χ4n) is 1.15. The van der Waals surface area contributed by atoms with Crippen molar-refractivity contribution in [1.82, 2.24) is 25.4 Å². The molecule has 0 unspecified atom stereocenters. The number of hydrogen-bond donors (Lipinski definition) is 1. The summed E-state index contributed by atoms with van der Waals surface area (Å²) in [5, 5.41) is 23.6. The first kappa shape index (κ1) is 11.6. The Hall–Kier alpha value is -1.90. The molecule has 0 radical (unpaired) electrons. The molecule has 0 aliphatic carbocycles. The summed E-state index contributed by atoms with van der Waals surface area (Å²) < 4.78 is 6.24. The first-order chi connectivity index (χ1) is 8.15. The third-order valence-corrected chi connectivity index (χ3v) is 2.78. The number of thioether (sulfide) groups is 1. The molecule has 1 N–H and O–H groups in total. The minimum Gasteiger partial charge on any atom is -0.480 e. The van der Waals surface area contributed by atoms with Gasteiger partial charge in [0.05, 0.1) is 11.4 Å². The lowest BCUT2D eigenvalue weighted by molar-refractivity contribution is -0.138. The van der Waals surface area contributed by atoms with Crippen LogP contribution in [0.3, 0.4) is 0 Å². The van der Waals surface area contributed by atoms with Gasteiger partial charge in [0.2, 0.25) is 5.16 Å².